The van der Waals surface area contributed by atoms with Gasteiger partial charge in [0.25, 0.3) is 5.91 Å². The molecule has 0 radical (unpaired) electrons. The van der Waals surface area contributed by atoms with E-state index in [0.717, 1.165) is 16.2 Å². The second kappa shape index (κ2) is 7.96. The Kier molecular flexibility index (Phi) is 5.60. The Hall–Kier alpha value is -3.33. The van der Waals surface area contributed by atoms with Crippen LogP contribution in [0.4, 0.5) is 4.79 Å². The molecule has 4 amide bonds. The second-order valence-corrected chi connectivity index (χ2v) is 7.27. The average Bonchev–Trinajstić information content (AvgIpc) is 3.30. The third kappa shape index (κ3) is 3.95. The molecule has 2 heterocycles. The summed E-state index contributed by atoms with van der Waals surface area (Å²) in [6.45, 7) is 2.97. The second-order valence-electron chi connectivity index (χ2n) is 7.27. The minimum Gasteiger partial charge on any atom is -0.491 e. The molecule has 0 aliphatic carbocycles. The fourth-order valence-corrected chi connectivity index (χ4v) is 3.00. The van der Waals surface area contributed by atoms with Gasteiger partial charge in [0.15, 0.2) is 0 Å². The maximum absolute atomic E-state index is 12.5. The number of furan rings is 1. The standard InChI is InChI=1S/C20H23N3O6/c1-20(2)18(25)22(19(26)21(20)3)11-15(23(27)13-24)12-29-16-8-6-14(7-9-16)17-5-4-10-28-17/h4-10,13,15,27H,11-12H2,1-3H3. The van der Waals surface area contributed by atoms with Crippen LogP contribution in [0.3, 0.4) is 0 Å². The van der Waals surface area contributed by atoms with Gasteiger partial charge < -0.3 is 14.1 Å². The highest BCUT2D eigenvalue weighted by atomic mass is 16.5. The molecule has 1 saturated heterocycles. The van der Waals surface area contributed by atoms with E-state index in [9.17, 15) is 19.6 Å². The van der Waals surface area contributed by atoms with Crippen molar-refractivity contribution in [3.63, 3.8) is 0 Å². The summed E-state index contributed by atoms with van der Waals surface area (Å²) >= 11 is 0. The van der Waals surface area contributed by atoms with Crippen molar-refractivity contribution >= 4 is 18.3 Å². The smallest absolute Gasteiger partial charge is 0.327 e. The summed E-state index contributed by atoms with van der Waals surface area (Å²) in [5.41, 5.74) is -0.125. The molecule has 1 aliphatic heterocycles. The van der Waals surface area contributed by atoms with Gasteiger partial charge in [-0.3, -0.25) is 19.7 Å². The number of carbonyl (C=O) groups excluding carboxylic acids is 3. The zero-order valence-electron chi connectivity index (χ0n) is 16.4. The molecule has 1 aromatic carbocycles. The normalized spacial score (nSPS) is 16.8. The van der Waals surface area contributed by atoms with E-state index in [-0.39, 0.29) is 19.6 Å². The number of imide groups is 1. The van der Waals surface area contributed by atoms with Crippen LogP contribution in [-0.2, 0) is 9.59 Å². The molecule has 29 heavy (non-hydrogen) atoms. The summed E-state index contributed by atoms with van der Waals surface area (Å²) in [4.78, 5) is 38.3. The molecule has 3 rings (SSSR count). The Morgan fingerprint density at radius 2 is 1.93 bits per heavy atom. The van der Waals surface area contributed by atoms with Crippen molar-refractivity contribution in [1.82, 2.24) is 14.9 Å². The first-order valence-corrected chi connectivity index (χ1v) is 9.04. The summed E-state index contributed by atoms with van der Waals surface area (Å²) in [6, 6.07) is 9.28. The number of hydroxylamine groups is 2. The molecule has 1 aromatic heterocycles. The third-order valence-electron chi connectivity index (χ3n) is 5.10. The molecule has 1 N–H and O–H groups in total. The van der Waals surface area contributed by atoms with Gasteiger partial charge in [0.05, 0.1) is 12.8 Å². The van der Waals surface area contributed by atoms with Crippen LogP contribution in [0.5, 0.6) is 5.75 Å². The summed E-state index contributed by atoms with van der Waals surface area (Å²) < 4.78 is 11.0. The lowest BCUT2D eigenvalue weighted by Crippen LogP contribution is -2.48. The van der Waals surface area contributed by atoms with Crippen molar-refractivity contribution in [2.24, 2.45) is 0 Å². The first-order valence-electron chi connectivity index (χ1n) is 9.04. The van der Waals surface area contributed by atoms with E-state index in [1.165, 1.54) is 11.9 Å². The lowest BCUT2D eigenvalue weighted by molar-refractivity contribution is -0.165. The largest absolute Gasteiger partial charge is 0.491 e. The molecule has 9 heteroatoms. The Bertz CT molecular complexity index is 878. The van der Waals surface area contributed by atoms with Crippen LogP contribution in [0.15, 0.2) is 47.1 Å². The predicted molar refractivity (Wildman–Crippen MR) is 102 cm³/mol. The lowest BCUT2D eigenvalue weighted by atomic mass is 10.1. The van der Waals surface area contributed by atoms with Gasteiger partial charge in [0.1, 0.15) is 29.7 Å². The zero-order valence-corrected chi connectivity index (χ0v) is 16.4. The molecule has 154 valence electrons. The Morgan fingerprint density at radius 1 is 1.24 bits per heavy atom. The molecule has 1 aliphatic rings. The van der Waals surface area contributed by atoms with Crippen molar-refractivity contribution in [3.8, 4) is 17.1 Å². The van der Waals surface area contributed by atoms with E-state index in [2.05, 4.69) is 0 Å². The van der Waals surface area contributed by atoms with E-state index in [0.29, 0.717) is 10.8 Å². The van der Waals surface area contributed by atoms with Gasteiger partial charge in [0, 0.05) is 12.6 Å². The Balaban J connectivity index is 1.68. The number of amides is 4. The highest BCUT2D eigenvalue weighted by Gasteiger charge is 2.50. The molecule has 1 atom stereocenters. The number of rotatable bonds is 8. The van der Waals surface area contributed by atoms with Crippen LogP contribution in [0.2, 0.25) is 0 Å². The summed E-state index contributed by atoms with van der Waals surface area (Å²) in [5.74, 6) is 0.813. The van der Waals surface area contributed by atoms with Gasteiger partial charge in [-0.05, 0) is 50.2 Å². The number of carbonyl (C=O) groups is 3. The fraction of sp³-hybridized carbons (Fsp3) is 0.350. The molecule has 0 bridgehead atoms. The van der Waals surface area contributed by atoms with Gasteiger partial charge in [0.2, 0.25) is 6.41 Å². The van der Waals surface area contributed by atoms with Crippen molar-refractivity contribution in [2.75, 3.05) is 20.2 Å². The van der Waals surface area contributed by atoms with Crippen LogP contribution in [0, 0.1) is 0 Å². The summed E-state index contributed by atoms with van der Waals surface area (Å²) in [5, 5.41) is 10.3. The maximum Gasteiger partial charge on any atom is 0.327 e. The van der Waals surface area contributed by atoms with Crippen LogP contribution in [0.25, 0.3) is 11.3 Å². The molecule has 0 saturated carbocycles. The molecular weight excluding hydrogens is 378 g/mol. The van der Waals surface area contributed by atoms with Crippen LogP contribution in [0.1, 0.15) is 13.8 Å². The predicted octanol–water partition coefficient (Wildman–Crippen LogP) is 2.21. The van der Waals surface area contributed by atoms with Crippen LogP contribution in [-0.4, -0.2) is 70.2 Å². The molecule has 2 aromatic rings. The third-order valence-corrected chi connectivity index (χ3v) is 5.10. The van der Waals surface area contributed by atoms with Crippen LogP contribution < -0.4 is 4.74 Å². The Labute approximate surface area is 168 Å². The van der Waals surface area contributed by atoms with Gasteiger partial charge in [-0.15, -0.1) is 0 Å². The zero-order chi connectivity index (χ0) is 21.2. The van der Waals surface area contributed by atoms with Gasteiger partial charge in [-0.1, -0.05) is 0 Å². The van der Waals surface area contributed by atoms with Crippen molar-refractivity contribution < 1.29 is 28.7 Å². The number of hydrogen-bond acceptors (Lipinski definition) is 6. The van der Waals surface area contributed by atoms with Crippen molar-refractivity contribution in [1.29, 1.82) is 0 Å². The Morgan fingerprint density at radius 3 is 2.45 bits per heavy atom. The first-order chi connectivity index (χ1) is 13.8. The molecular formula is C20H23N3O6. The summed E-state index contributed by atoms with van der Waals surface area (Å²) in [6.07, 6.45) is 1.80. The fourth-order valence-electron chi connectivity index (χ4n) is 3.00. The molecule has 1 unspecified atom stereocenters. The highest BCUT2D eigenvalue weighted by molar-refractivity contribution is 6.06. The monoisotopic (exact) mass is 401 g/mol. The highest BCUT2D eigenvalue weighted by Crippen LogP contribution is 2.26. The number of likely N-dealkylation sites (N-methyl/N-ethyl adjacent to an activating group) is 1. The van der Waals surface area contributed by atoms with E-state index in [4.69, 9.17) is 9.15 Å². The quantitative estimate of drug-likeness (QED) is 0.315. The number of benzene rings is 1. The summed E-state index contributed by atoms with van der Waals surface area (Å²) in [7, 11) is 1.53. The molecule has 1 fully saturated rings. The van der Waals surface area contributed by atoms with E-state index < -0.39 is 23.5 Å². The topological polar surface area (TPSA) is 104 Å². The molecule has 0 spiro atoms. The maximum atomic E-state index is 12.5. The SMILES string of the molecule is CN1C(=O)N(CC(COc2ccc(-c3ccco3)cc2)N(O)C=O)C(=O)C1(C)C. The number of ether oxygens (including phenoxy) is 1. The van der Waals surface area contributed by atoms with E-state index >= 15 is 0 Å². The van der Waals surface area contributed by atoms with Gasteiger partial charge in [-0.25, -0.2) is 9.86 Å². The van der Waals surface area contributed by atoms with Crippen molar-refractivity contribution in [2.45, 2.75) is 25.4 Å². The van der Waals surface area contributed by atoms with Gasteiger partial charge in [-0.2, -0.15) is 0 Å². The van der Waals surface area contributed by atoms with E-state index in [1.807, 2.05) is 18.2 Å². The minimum atomic E-state index is -0.994. The first kappa shape index (κ1) is 20.4. The van der Waals surface area contributed by atoms with Crippen molar-refractivity contribution in [3.05, 3.63) is 42.7 Å². The number of nitrogens with zero attached hydrogens (tertiary/aromatic N) is 3. The number of urea groups is 1. The number of hydrogen-bond donors (Lipinski definition) is 1. The average molecular weight is 401 g/mol. The lowest BCUT2D eigenvalue weighted by Gasteiger charge is -2.26. The van der Waals surface area contributed by atoms with E-state index in [1.54, 1.807) is 38.3 Å². The minimum absolute atomic E-state index is 0.115. The van der Waals surface area contributed by atoms with Crippen LogP contribution >= 0.6 is 0 Å². The molecule has 9 nitrogen and oxygen atoms in total. The van der Waals surface area contributed by atoms with Gasteiger partial charge >= 0.3 is 6.03 Å².